The van der Waals surface area contributed by atoms with E-state index in [9.17, 15) is 0 Å². The maximum absolute atomic E-state index is 5.58. The van der Waals surface area contributed by atoms with Gasteiger partial charge in [0, 0.05) is 12.3 Å². The van der Waals surface area contributed by atoms with Crippen molar-refractivity contribution >= 4 is 17.6 Å². The van der Waals surface area contributed by atoms with Gasteiger partial charge in [0.2, 0.25) is 0 Å². The number of thioether (sulfide) groups is 1. The van der Waals surface area contributed by atoms with Gasteiger partial charge in [-0.15, -0.1) is 0 Å². The van der Waals surface area contributed by atoms with E-state index < -0.39 is 0 Å². The quantitative estimate of drug-likeness (QED) is 0.574. The molecule has 0 saturated heterocycles. The van der Waals surface area contributed by atoms with E-state index in [4.69, 9.17) is 5.73 Å². The van der Waals surface area contributed by atoms with E-state index in [0.29, 0.717) is 0 Å². The molecule has 0 spiro atoms. The number of nitrogens with zero attached hydrogens (tertiary/aromatic N) is 2. The highest BCUT2D eigenvalue weighted by Crippen LogP contribution is 2.26. The Morgan fingerprint density at radius 2 is 2.67 bits per heavy atom. The number of anilines is 1. The van der Waals surface area contributed by atoms with Crippen LogP contribution in [0.5, 0.6) is 0 Å². The summed E-state index contributed by atoms with van der Waals surface area (Å²) >= 11 is 1.76. The zero-order valence-electron chi connectivity index (χ0n) is 4.87. The number of hydrogen-bond acceptors (Lipinski definition) is 3. The molecule has 0 bridgehead atoms. The maximum Gasteiger partial charge on any atom is 0.169 e. The third kappa shape index (κ3) is 0.627. The summed E-state index contributed by atoms with van der Waals surface area (Å²) in [6.07, 6.45) is 1.71. The summed E-state index contributed by atoms with van der Waals surface area (Å²) in [6, 6.07) is 0. The van der Waals surface area contributed by atoms with E-state index in [-0.39, 0.29) is 0 Å². The van der Waals surface area contributed by atoms with Crippen LogP contribution >= 0.6 is 11.8 Å². The Morgan fingerprint density at radius 3 is 3.44 bits per heavy atom. The summed E-state index contributed by atoms with van der Waals surface area (Å²) in [6.45, 7) is 1.02. The normalized spacial score (nSPS) is 16.0. The minimum Gasteiger partial charge on any atom is -0.384 e. The van der Waals surface area contributed by atoms with Gasteiger partial charge in [-0.05, 0) is 0 Å². The highest BCUT2D eigenvalue weighted by Gasteiger charge is 2.13. The largest absolute Gasteiger partial charge is 0.384 e. The first kappa shape index (κ1) is 5.17. The van der Waals surface area contributed by atoms with Crippen LogP contribution < -0.4 is 5.73 Å². The fourth-order valence-corrected chi connectivity index (χ4v) is 1.88. The molecule has 48 valence electrons. The molecule has 0 amide bonds. The van der Waals surface area contributed by atoms with Crippen LogP contribution in [0.1, 0.15) is 0 Å². The van der Waals surface area contributed by atoms with Crippen molar-refractivity contribution in [3.8, 4) is 0 Å². The van der Waals surface area contributed by atoms with Crippen molar-refractivity contribution in [2.24, 2.45) is 0 Å². The monoisotopic (exact) mass is 141 g/mol. The van der Waals surface area contributed by atoms with Crippen molar-refractivity contribution in [3.63, 3.8) is 0 Å². The molecular weight excluding hydrogens is 134 g/mol. The summed E-state index contributed by atoms with van der Waals surface area (Å²) in [5.74, 6) is 1.91. The van der Waals surface area contributed by atoms with Crippen LogP contribution in [0, 0.1) is 0 Å². The Bertz CT molecular complexity index is 230. The van der Waals surface area contributed by atoms with Gasteiger partial charge in [0.1, 0.15) is 5.82 Å². The van der Waals surface area contributed by atoms with Crippen molar-refractivity contribution in [3.05, 3.63) is 6.20 Å². The molecule has 0 saturated carbocycles. The van der Waals surface area contributed by atoms with Crippen LogP contribution in [0.2, 0.25) is 0 Å². The van der Waals surface area contributed by atoms with Crippen molar-refractivity contribution in [2.45, 2.75) is 11.7 Å². The predicted octanol–water partition coefficient (Wildman–Crippen LogP) is 0.571. The minimum atomic E-state index is 0.787. The Balaban J connectivity index is 2.56. The first-order valence-electron chi connectivity index (χ1n) is 2.82. The molecule has 0 fully saturated rings. The molecular formula is C5H7N3S. The maximum atomic E-state index is 5.58. The van der Waals surface area contributed by atoms with Gasteiger partial charge < -0.3 is 10.3 Å². The van der Waals surface area contributed by atoms with Crippen molar-refractivity contribution < 1.29 is 0 Å². The molecule has 0 unspecified atom stereocenters. The van der Waals surface area contributed by atoms with E-state index in [2.05, 4.69) is 4.98 Å². The van der Waals surface area contributed by atoms with Gasteiger partial charge >= 0.3 is 0 Å². The zero-order chi connectivity index (χ0) is 6.27. The predicted molar refractivity (Wildman–Crippen MR) is 37.4 cm³/mol. The highest BCUT2D eigenvalue weighted by atomic mass is 32.2. The number of rotatable bonds is 0. The number of aromatic nitrogens is 2. The summed E-state index contributed by atoms with van der Waals surface area (Å²) in [5.41, 5.74) is 5.58. The van der Waals surface area contributed by atoms with Gasteiger partial charge in [-0.3, -0.25) is 0 Å². The average Bonchev–Trinajstić information content (AvgIpc) is 2.35. The van der Waals surface area contributed by atoms with Crippen LogP contribution in [0.3, 0.4) is 0 Å². The standard InChI is InChI=1S/C5H7N3S/c6-4-3-7-5-8(4)1-2-9-5/h3H,1-2,6H2. The number of imidazole rings is 1. The van der Waals surface area contributed by atoms with Crippen molar-refractivity contribution in [1.29, 1.82) is 0 Å². The summed E-state index contributed by atoms with van der Waals surface area (Å²) in [4.78, 5) is 4.10. The second kappa shape index (κ2) is 1.67. The molecule has 9 heavy (non-hydrogen) atoms. The Labute approximate surface area is 57.3 Å². The van der Waals surface area contributed by atoms with E-state index >= 15 is 0 Å². The fourth-order valence-electron chi connectivity index (χ4n) is 0.939. The number of hydrogen-bond donors (Lipinski definition) is 1. The summed E-state index contributed by atoms with van der Waals surface area (Å²) in [5, 5.41) is 1.06. The van der Waals surface area contributed by atoms with Crippen LogP contribution in [0.15, 0.2) is 11.4 Å². The minimum absolute atomic E-state index is 0.787. The Hall–Kier alpha value is -0.640. The van der Waals surface area contributed by atoms with E-state index in [1.54, 1.807) is 18.0 Å². The second-order valence-corrected chi connectivity index (χ2v) is 3.03. The lowest BCUT2D eigenvalue weighted by atomic mass is 10.7. The summed E-state index contributed by atoms with van der Waals surface area (Å²) < 4.78 is 2.03. The van der Waals surface area contributed by atoms with Crippen LogP contribution in [-0.4, -0.2) is 15.3 Å². The van der Waals surface area contributed by atoms with Gasteiger partial charge in [-0.1, -0.05) is 11.8 Å². The molecule has 1 aromatic rings. The molecule has 0 atom stereocenters. The Kier molecular flexibility index (Phi) is 0.958. The molecule has 3 nitrogen and oxygen atoms in total. The molecule has 1 aliphatic rings. The van der Waals surface area contributed by atoms with E-state index in [1.165, 1.54) is 0 Å². The van der Waals surface area contributed by atoms with E-state index in [0.717, 1.165) is 23.3 Å². The third-order valence-electron chi connectivity index (χ3n) is 1.40. The van der Waals surface area contributed by atoms with Gasteiger partial charge in [0.15, 0.2) is 5.16 Å². The first-order valence-corrected chi connectivity index (χ1v) is 3.80. The van der Waals surface area contributed by atoms with E-state index in [1.807, 2.05) is 4.57 Å². The van der Waals surface area contributed by atoms with Crippen LogP contribution in [0.4, 0.5) is 5.82 Å². The zero-order valence-corrected chi connectivity index (χ0v) is 5.69. The first-order chi connectivity index (χ1) is 4.38. The van der Waals surface area contributed by atoms with Crippen molar-refractivity contribution in [2.75, 3.05) is 11.5 Å². The smallest absolute Gasteiger partial charge is 0.169 e. The molecule has 2 N–H and O–H groups in total. The highest BCUT2D eigenvalue weighted by molar-refractivity contribution is 7.99. The lowest BCUT2D eigenvalue weighted by Crippen LogP contribution is -1.98. The molecule has 0 radical (unpaired) electrons. The fraction of sp³-hybridized carbons (Fsp3) is 0.400. The third-order valence-corrected chi connectivity index (χ3v) is 2.37. The SMILES string of the molecule is Nc1cnc2n1CCS2. The second-order valence-electron chi connectivity index (χ2n) is 1.97. The molecule has 1 aliphatic heterocycles. The molecule has 2 rings (SSSR count). The van der Waals surface area contributed by atoms with Gasteiger partial charge in [-0.2, -0.15) is 0 Å². The number of nitrogens with two attached hydrogens (primary N) is 1. The van der Waals surface area contributed by atoms with Gasteiger partial charge in [-0.25, -0.2) is 4.98 Å². The van der Waals surface area contributed by atoms with Crippen molar-refractivity contribution in [1.82, 2.24) is 9.55 Å². The van der Waals surface area contributed by atoms with Crippen LogP contribution in [-0.2, 0) is 6.54 Å². The lowest BCUT2D eigenvalue weighted by Gasteiger charge is -1.93. The summed E-state index contributed by atoms with van der Waals surface area (Å²) in [7, 11) is 0. The molecule has 0 aliphatic carbocycles. The molecule has 1 aromatic heterocycles. The molecule has 2 heterocycles. The molecule has 0 aromatic carbocycles. The van der Waals surface area contributed by atoms with Gasteiger partial charge in [0.25, 0.3) is 0 Å². The van der Waals surface area contributed by atoms with Gasteiger partial charge in [0.05, 0.1) is 6.20 Å². The topological polar surface area (TPSA) is 43.8 Å². The number of fused-ring (bicyclic) bond motifs is 1. The lowest BCUT2D eigenvalue weighted by molar-refractivity contribution is 0.729. The Morgan fingerprint density at radius 1 is 1.78 bits per heavy atom. The average molecular weight is 141 g/mol. The number of nitrogen functional groups attached to an aromatic ring is 1. The van der Waals surface area contributed by atoms with Crippen LogP contribution in [0.25, 0.3) is 0 Å². The molecule has 4 heteroatoms.